The number of rotatable bonds is 5. The van der Waals surface area contributed by atoms with Crippen LogP contribution in [0.2, 0.25) is 0 Å². The second kappa shape index (κ2) is 4.82. The highest BCUT2D eigenvalue weighted by atomic mass is 16.5. The van der Waals surface area contributed by atoms with Crippen molar-refractivity contribution in [1.82, 2.24) is 10.1 Å². The molecule has 1 aliphatic rings. The highest BCUT2D eigenvalue weighted by Gasteiger charge is 2.40. The Hall–Kier alpha value is -1.10. The van der Waals surface area contributed by atoms with Gasteiger partial charge >= 0.3 is 6.01 Å². The highest BCUT2D eigenvalue weighted by molar-refractivity contribution is 5.20. The molecule has 0 bridgehead atoms. The number of anilines is 1. The van der Waals surface area contributed by atoms with Crippen molar-refractivity contribution < 1.29 is 9.26 Å². The summed E-state index contributed by atoms with van der Waals surface area (Å²) in [5.74, 6) is 0.686. The van der Waals surface area contributed by atoms with Crippen molar-refractivity contribution in [3.63, 3.8) is 0 Å². The van der Waals surface area contributed by atoms with Crippen molar-refractivity contribution in [1.29, 1.82) is 0 Å². The van der Waals surface area contributed by atoms with Gasteiger partial charge in [0.25, 0.3) is 0 Å². The minimum atomic E-state index is -0.310. The number of aromatic nitrogens is 2. The summed E-state index contributed by atoms with van der Waals surface area (Å²) < 4.78 is 10.7. The first-order chi connectivity index (χ1) is 7.80. The first-order valence-corrected chi connectivity index (χ1v) is 5.94. The molecule has 1 N–H and O–H groups in total. The molecule has 0 aromatic carbocycles. The maximum absolute atomic E-state index is 5.59. The van der Waals surface area contributed by atoms with Crippen molar-refractivity contribution in [2.24, 2.45) is 0 Å². The predicted molar refractivity (Wildman–Crippen MR) is 60.2 cm³/mol. The number of ether oxygens (including phenoxy) is 1. The largest absolute Gasteiger partial charge is 0.370 e. The van der Waals surface area contributed by atoms with E-state index in [1.807, 2.05) is 0 Å². The van der Waals surface area contributed by atoms with E-state index in [0.717, 1.165) is 25.8 Å². The van der Waals surface area contributed by atoms with Gasteiger partial charge in [0, 0.05) is 13.7 Å². The number of hydrogen-bond donors (Lipinski definition) is 1. The maximum atomic E-state index is 5.59. The molecule has 5 nitrogen and oxygen atoms in total. The summed E-state index contributed by atoms with van der Waals surface area (Å²) in [4.78, 5) is 4.36. The van der Waals surface area contributed by atoms with Crippen molar-refractivity contribution >= 4 is 6.01 Å². The number of methoxy groups -OCH3 is 1. The lowest BCUT2D eigenvalue weighted by atomic mass is 10.0. The quantitative estimate of drug-likeness (QED) is 0.833. The molecule has 0 radical (unpaired) electrons. The van der Waals surface area contributed by atoms with Crippen molar-refractivity contribution in [2.75, 3.05) is 19.0 Å². The van der Waals surface area contributed by atoms with Crippen LogP contribution in [0.1, 0.15) is 44.9 Å². The van der Waals surface area contributed by atoms with Gasteiger partial charge in [0.05, 0.1) is 0 Å². The van der Waals surface area contributed by atoms with Crippen LogP contribution in [-0.2, 0) is 10.3 Å². The first kappa shape index (κ1) is 11.4. The second-order valence-corrected chi connectivity index (χ2v) is 4.26. The molecule has 1 aliphatic carbocycles. The molecular formula is C11H19N3O2. The monoisotopic (exact) mass is 225 g/mol. The Morgan fingerprint density at radius 3 is 2.81 bits per heavy atom. The van der Waals surface area contributed by atoms with Crippen LogP contribution in [0.15, 0.2) is 4.52 Å². The summed E-state index contributed by atoms with van der Waals surface area (Å²) in [5.41, 5.74) is -0.310. The van der Waals surface area contributed by atoms with Crippen molar-refractivity contribution in [3.05, 3.63) is 5.82 Å². The normalized spacial score (nSPS) is 18.9. The third-order valence-corrected chi connectivity index (χ3v) is 3.16. The van der Waals surface area contributed by atoms with Crippen molar-refractivity contribution in [2.45, 2.75) is 44.6 Å². The van der Waals surface area contributed by atoms with Gasteiger partial charge in [0.15, 0.2) is 0 Å². The van der Waals surface area contributed by atoms with E-state index >= 15 is 0 Å². The van der Waals surface area contributed by atoms with Crippen LogP contribution in [0, 0.1) is 0 Å². The standard InChI is InChI=1S/C11H19N3O2/c1-3-8-12-10-13-9(14-16-10)11(15-2)6-4-5-7-11/h3-8H2,1-2H3,(H,12,13,14). The molecule has 5 heteroatoms. The Labute approximate surface area is 95.6 Å². The molecule has 2 rings (SSSR count). The van der Waals surface area contributed by atoms with E-state index in [2.05, 4.69) is 22.4 Å². The number of nitrogens with one attached hydrogen (secondary N) is 1. The van der Waals surface area contributed by atoms with E-state index in [0.29, 0.717) is 11.8 Å². The third-order valence-electron chi connectivity index (χ3n) is 3.16. The predicted octanol–water partition coefficient (Wildman–Crippen LogP) is 2.31. The molecule has 0 spiro atoms. The summed E-state index contributed by atoms with van der Waals surface area (Å²) in [6.07, 6.45) is 5.33. The highest BCUT2D eigenvalue weighted by Crippen LogP contribution is 2.40. The van der Waals surface area contributed by atoms with E-state index in [9.17, 15) is 0 Å². The Morgan fingerprint density at radius 1 is 1.44 bits per heavy atom. The second-order valence-electron chi connectivity index (χ2n) is 4.26. The summed E-state index contributed by atoms with van der Waals surface area (Å²) in [7, 11) is 1.72. The van der Waals surface area contributed by atoms with Crippen molar-refractivity contribution in [3.8, 4) is 0 Å². The van der Waals surface area contributed by atoms with E-state index < -0.39 is 0 Å². The van der Waals surface area contributed by atoms with Crippen LogP contribution in [0.5, 0.6) is 0 Å². The lowest BCUT2D eigenvalue weighted by Gasteiger charge is -2.22. The molecular weight excluding hydrogens is 206 g/mol. The summed E-state index contributed by atoms with van der Waals surface area (Å²) in [6, 6.07) is 0.500. The molecule has 0 saturated heterocycles. The lowest BCUT2D eigenvalue weighted by Crippen LogP contribution is -2.26. The number of hydrogen-bond acceptors (Lipinski definition) is 5. The van der Waals surface area contributed by atoms with Crippen LogP contribution in [0.4, 0.5) is 6.01 Å². The minimum absolute atomic E-state index is 0.310. The molecule has 1 aromatic heterocycles. The zero-order valence-corrected chi connectivity index (χ0v) is 9.95. The molecule has 16 heavy (non-hydrogen) atoms. The first-order valence-electron chi connectivity index (χ1n) is 5.94. The summed E-state index contributed by atoms with van der Waals surface area (Å²) in [5, 5.41) is 7.10. The minimum Gasteiger partial charge on any atom is -0.370 e. The molecule has 1 heterocycles. The molecule has 0 unspecified atom stereocenters. The fourth-order valence-electron chi connectivity index (χ4n) is 2.18. The van der Waals surface area contributed by atoms with Gasteiger partial charge in [-0.05, 0) is 32.1 Å². The molecule has 0 aliphatic heterocycles. The Kier molecular flexibility index (Phi) is 3.43. The lowest BCUT2D eigenvalue weighted by molar-refractivity contribution is -0.0178. The smallest absolute Gasteiger partial charge is 0.321 e. The van der Waals surface area contributed by atoms with Gasteiger partial charge in [0.1, 0.15) is 5.60 Å². The fraction of sp³-hybridized carbons (Fsp3) is 0.818. The van der Waals surface area contributed by atoms with Gasteiger partial charge in [-0.2, -0.15) is 4.98 Å². The zero-order valence-electron chi connectivity index (χ0n) is 9.95. The summed E-state index contributed by atoms with van der Waals surface area (Å²) in [6.45, 7) is 2.94. The fourth-order valence-corrected chi connectivity index (χ4v) is 2.18. The van der Waals surface area contributed by atoms with E-state index in [4.69, 9.17) is 9.26 Å². The van der Waals surface area contributed by atoms with Crippen LogP contribution < -0.4 is 5.32 Å². The molecule has 90 valence electrons. The average Bonchev–Trinajstić information content (AvgIpc) is 2.95. The van der Waals surface area contributed by atoms with Gasteiger partial charge in [-0.25, -0.2) is 0 Å². The van der Waals surface area contributed by atoms with Gasteiger partial charge in [-0.3, -0.25) is 0 Å². The Bertz CT molecular complexity index is 332. The number of nitrogens with zero attached hydrogens (tertiary/aromatic N) is 2. The van der Waals surface area contributed by atoms with Gasteiger partial charge in [-0.1, -0.05) is 12.1 Å². The van der Waals surface area contributed by atoms with Crippen LogP contribution in [-0.4, -0.2) is 23.8 Å². The van der Waals surface area contributed by atoms with E-state index in [1.54, 1.807) is 7.11 Å². The van der Waals surface area contributed by atoms with Gasteiger partial charge < -0.3 is 14.6 Å². The Morgan fingerprint density at radius 2 is 2.19 bits per heavy atom. The SMILES string of the molecule is CCCNc1nc(C2(OC)CCCC2)no1. The van der Waals surface area contributed by atoms with Gasteiger partial charge in [-0.15, -0.1) is 0 Å². The van der Waals surface area contributed by atoms with Gasteiger partial charge in [0.2, 0.25) is 5.82 Å². The topological polar surface area (TPSA) is 60.2 Å². The van der Waals surface area contributed by atoms with Crippen LogP contribution in [0.3, 0.4) is 0 Å². The molecule has 0 amide bonds. The third kappa shape index (κ3) is 2.04. The Balaban J connectivity index is 2.10. The maximum Gasteiger partial charge on any atom is 0.321 e. The molecule has 1 saturated carbocycles. The summed E-state index contributed by atoms with van der Waals surface area (Å²) >= 11 is 0. The zero-order chi connectivity index (χ0) is 11.4. The average molecular weight is 225 g/mol. The van der Waals surface area contributed by atoms with E-state index in [-0.39, 0.29) is 5.60 Å². The molecule has 1 aromatic rings. The van der Waals surface area contributed by atoms with E-state index in [1.165, 1.54) is 12.8 Å². The van der Waals surface area contributed by atoms with Crippen LogP contribution >= 0.6 is 0 Å². The molecule has 0 atom stereocenters. The molecule has 1 fully saturated rings. The van der Waals surface area contributed by atoms with Crippen LogP contribution in [0.25, 0.3) is 0 Å².